The van der Waals surface area contributed by atoms with E-state index in [-0.39, 0.29) is 11.6 Å². The molecule has 0 aliphatic heterocycles. The van der Waals surface area contributed by atoms with Crippen molar-refractivity contribution >= 4 is 11.6 Å². The van der Waals surface area contributed by atoms with E-state index >= 15 is 0 Å². The van der Waals surface area contributed by atoms with E-state index in [4.69, 9.17) is 5.73 Å². The standard InChI is InChI=1S/C14H21F2N3/c1-2-9-3-5-10(6-4-9)8-18-14-12(16)7-11(15)13(17)19-14/h7,9-10H,2-6,8H2,1H3,(H3,17,18,19). The first kappa shape index (κ1) is 14.0. The molecule has 1 fully saturated rings. The summed E-state index contributed by atoms with van der Waals surface area (Å²) in [5.74, 6) is -0.335. The molecule has 106 valence electrons. The van der Waals surface area contributed by atoms with E-state index in [2.05, 4.69) is 17.2 Å². The lowest BCUT2D eigenvalue weighted by molar-refractivity contribution is 0.278. The smallest absolute Gasteiger partial charge is 0.168 e. The predicted octanol–water partition coefficient (Wildman–Crippen LogP) is 3.57. The molecule has 2 rings (SSSR count). The molecule has 0 radical (unpaired) electrons. The van der Waals surface area contributed by atoms with E-state index in [1.54, 1.807) is 0 Å². The second-order valence-corrected chi connectivity index (χ2v) is 5.36. The van der Waals surface area contributed by atoms with Crippen molar-refractivity contribution in [2.45, 2.75) is 39.0 Å². The van der Waals surface area contributed by atoms with Crippen LogP contribution in [0, 0.1) is 23.5 Å². The first-order chi connectivity index (χ1) is 9.10. The number of hydrogen-bond donors (Lipinski definition) is 2. The van der Waals surface area contributed by atoms with Gasteiger partial charge in [0.25, 0.3) is 0 Å². The van der Waals surface area contributed by atoms with Crippen molar-refractivity contribution < 1.29 is 8.78 Å². The molecule has 0 aromatic carbocycles. The molecule has 19 heavy (non-hydrogen) atoms. The lowest BCUT2D eigenvalue weighted by Crippen LogP contribution is -2.22. The highest BCUT2D eigenvalue weighted by Crippen LogP contribution is 2.30. The first-order valence-electron chi connectivity index (χ1n) is 6.95. The second-order valence-electron chi connectivity index (χ2n) is 5.36. The van der Waals surface area contributed by atoms with Gasteiger partial charge in [-0.1, -0.05) is 26.2 Å². The van der Waals surface area contributed by atoms with Gasteiger partial charge in [-0.3, -0.25) is 0 Å². The van der Waals surface area contributed by atoms with Crippen LogP contribution in [-0.2, 0) is 0 Å². The number of rotatable bonds is 4. The number of aromatic nitrogens is 1. The number of nitrogens with two attached hydrogens (primary N) is 1. The van der Waals surface area contributed by atoms with Crippen LogP contribution in [0.3, 0.4) is 0 Å². The zero-order chi connectivity index (χ0) is 13.8. The number of nitrogens with zero attached hydrogens (tertiary/aromatic N) is 1. The van der Waals surface area contributed by atoms with Gasteiger partial charge in [0.2, 0.25) is 0 Å². The molecule has 0 spiro atoms. The summed E-state index contributed by atoms with van der Waals surface area (Å²) in [6.07, 6.45) is 6.03. The fraction of sp³-hybridized carbons (Fsp3) is 0.643. The van der Waals surface area contributed by atoms with Gasteiger partial charge in [0.1, 0.15) is 0 Å². The van der Waals surface area contributed by atoms with Gasteiger partial charge >= 0.3 is 0 Å². The molecule has 0 atom stereocenters. The first-order valence-corrected chi connectivity index (χ1v) is 6.95. The molecule has 1 heterocycles. The summed E-state index contributed by atoms with van der Waals surface area (Å²) in [6, 6.07) is 0.776. The fourth-order valence-corrected chi connectivity index (χ4v) is 2.69. The van der Waals surface area contributed by atoms with Gasteiger partial charge in [-0.2, -0.15) is 0 Å². The molecule has 5 heteroatoms. The van der Waals surface area contributed by atoms with Crippen LogP contribution in [0.5, 0.6) is 0 Å². The minimum Gasteiger partial charge on any atom is -0.381 e. The minimum absolute atomic E-state index is 0.0523. The molecule has 3 N–H and O–H groups in total. The maximum absolute atomic E-state index is 13.5. The average Bonchev–Trinajstić information content (AvgIpc) is 2.42. The Morgan fingerprint density at radius 1 is 1.21 bits per heavy atom. The number of pyridine rings is 1. The Bertz CT molecular complexity index is 429. The molecule has 0 bridgehead atoms. The number of nitrogen functional groups attached to an aromatic ring is 1. The van der Waals surface area contributed by atoms with Gasteiger partial charge in [0.05, 0.1) is 0 Å². The van der Waals surface area contributed by atoms with Crippen LogP contribution in [0.15, 0.2) is 6.07 Å². The molecule has 0 saturated heterocycles. The normalized spacial score (nSPS) is 23.3. The Morgan fingerprint density at radius 3 is 2.47 bits per heavy atom. The second kappa shape index (κ2) is 6.17. The molecule has 1 aromatic heterocycles. The molecule has 0 unspecified atom stereocenters. The lowest BCUT2D eigenvalue weighted by atomic mass is 9.81. The highest BCUT2D eigenvalue weighted by molar-refractivity contribution is 5.44. The van der Waals surface area contributed by atoms with Crippen molar-refractivity contribution in [3.63, 3.8) is 0 Å². The van der Waals surface area contributed by atoms with E-state index in [1.165, 1.54) is 19.3 Å². The third kappa shape index (κ3) is 3.55. The Balaban J connectivity index is 1.88. The number of halogens is 2. The molecular formula is C14H21F2N3. The van der Waals surface area contributed by atoms with E-state index in [1.807, 2.05) is 0 Å². The quantitative estimate of drug-likeness (QED) is 0.878. The van der Waals surface area contributed by atoms with E-state index in [0.29, 0.717) is 12.5 Å². The summed E-state index contributed by atoms with van der Waals surface area (Å²) in [4.78, 5) is 3.70. The average molecular weight is 269 g/mol. The van der Waals surface area contributed by atoms with Gasteiger partial charge in [-0.15, -0.1) is 0 Å². The van der Waals surface area contributed by atoms with Crippen molar-refractivity contribution in [1.29, 1.82) is 0 Å². The van der Waals surface area contributed by atoms with Crippen molar-refractivity contribution in [3.05, 3.63) is 17.7 Å². The number of nitrogens with one attached hydrogen (secondary N) is 1. The minimum atomic E-state index is -0.813. The molecular weight excluding hydrogens is 248 g/mol. The summed E-state index contributed by atoms with van der Waals surface area (Å²) in [7, 11) is 0. The van der Waals surface area contributed by atoms with Crippen LogP contribution in [0.25, 0.3) is 0 Å². The Morgan fingerprint density at radius 2 is 1.84 bits per heavy atom. The molecule has 1 saturated carbocycles. The van der Waals surface area contributed by atoms with Crippen LogP contribution < -0.4 is 11.1 Å². The SMILES string of the molecule is CCC1CCC(CNc2nc(N)c(F)cc2F)CC1. The topological polar surface area (TPSA) is 50.9 Å². The largest absolute Gasteiger partial charge is 0.381 e. The molecule has 1 aliphatic rings. The molecule has 1 aliphatic carbocycles. The van der Waals surface area contributed by atoms with Crippen LogP contribution in [-0.4, -0.2) is 11.5 Å². The maximum Gasteiger partial charge on any atom is 0.168 e. The van der Waals surface area contributed by atoms with Gasteiger partial charge in [0, 0.05) is 12.6 Å². The van der Waals surface area contributed by atoms with Gasteiger partial charge in [-0.25, -0.2) is 13.8 Å². The summed E-state index contributed by atoms with van der Waals surface area (Å²) in [6.45, 7) is 2.90. The van der Waals surface area contributed by atoms with E-state index in [0.717, 1.165) is 24.8 Å². The molecule has 3 nitrogen and oxygen atoms in total. The summed E-state index contributed by atoms with van der Waals surface area (Å²) >= 11 is 0. The van der Waals surface area contributed by atoms with Gasteiger partial charge < -0.3 is 11.1 Å². The van der Waals surface area contributed by atoms with Crippen molar-refractivity contribution in [2.75, 3.05) is 17.6 Å². The van der Waals surface area contributed by atoms with Gasteiger partial charge in [-0.05, 0) is 24.7 Å². The van der Waals surface area contributed by atoms with Crippen LogP contribution in [0.4, 0.5) is 20.4 Å². The van der Waals surface area contributed by atoms with Gasteiger partial charge in [0.15, 0.2) is 23.3 Å². The van der Waals surface area contributed by atoms with Crippen molar-refractivity contribution in [3.8, 4) is 0 Å². The highest BCUT2D eigenvalue weighted by Gasteiger charge is 2.20. The zero-order valence-electron chi connectivity index (χ0n) is 11.3. The summed E-state index contributed by atoms with van der Waals surface area (Å²) < 4.78 is 26.5. The van der Waals surface area contributed by atoms with E-state index < -0.39 is 11.6 Å². The van der Waals surface area contributed by atoms with Crippen LogP contribution in [0.2, 0.25) is 0 Å². The third-order valence-corrected chi connectivity index (χ3v) is 4.06. The maximum atomic E-state index is 13.5. The van der Waals surface area contributed by atoms with Crippen LogP contribution >= 0.6 is 0 Å². The summed E-state index contributed by atoms with van der Waals surface area (Å²) in [5, 5.41) is 2.95. The van der Waals surface area contributed by atoms with Crippen molar-refractivity contribution in [2.24, 2.45) is 11.8 Å². The number of anilines is 2. The zero-order valence-corrected chi connectivity index (χ0v) is 11.3. The molecule has 1 aromatic rings. The number of hydrogen-bond acceptors (Lipinski definition) is 3. The Hall–Kier alpha value is -1.39. The Labute approximate surface area is 112 Å². The Kier molecular flexibility index (Phi) is 4.56. The summed E-state index contributed by atoms with van der Waals surface area (Å²) in [5.41, 5.74) is 5.34. The van der Waals surface area contributed by atoms with Crippen LogP contribution in [0.1, 0.15) is 39.0 Å². The molecule has 0 amide bonds. The fourth-order valence-electron chi connectivity index (χ4n) is 2.69. The predicted molar refractivity (Wildman–Crippen MR) is 72.8 cm³/mol. The van der Waals surface area contributed by atoms with E-state index in [9.17, 15) is 8.78 Å². The highest BCUT2D eigenvalue weighted by atomic mass is 19.1. The monoisotopic (exact) mass is 269 g/mol. The lowest BCUT2D eigenvalue weighted by Gasteiger charge is -2.28. The van der Waals surface area contributed by atoms with Crippen molar-refractivity contribution in [1.82, 2.24) is 4.98 Å². The third-order valence-electron chi connectivity index (χ3n) is 4.06.